The second-order valence-corrected chi connectivity index (χ2v) is 4.26. The molecule has 0 fully saturated rings. The Morgan fingerprint density at radius 2 is 2.13 bits per heavy atom. The molecule has 0 saturated carbocycles. The Labute approximate surface area is 87.1 Å². The molecule has 1 aromatic heterocycles. The third-order valence-electron chi connectivity index (χ3n) is 2.06. The third-order valence-corrected chi connectivity index (χ3v) is 2.06. The van der Waals surface area contributed by atoms with Gasteiger partial charge in [-0.05, 0) is 5.41 Å². The lowest BCUT2D eigenvalue weighted by Gasteiger charge is -2.21. The van der Waals surface area contributed by atoms with E-state index in [-0.39, 0.29) is 12.4 Å². The summed E-state index contributed by atoms with van der Waals surface area (Å²) in [5.74, 6) is 5.32. The highest BCUT2D eigenvalue weighted by Gasteiger charge is 2.25. The molecular weight excluding hydrogens is 198 g/mol. The van der Waals surface area contributed by atoms with Crippen molar-refractivity contribution < 1.29 is 9.90 Å². The highest BCUT2D eigenvalue weighted by molar-refractivity contribution is 5.67. The van der Waals surface area contributed by atoms with Crippen LogP contribution in [0.5, 0.6) is 0 Å². The number of carboxylic acids is 1. The molecule has 7 nitrogen and oxygen atoms in total. The molecule has 1 rings (SSSR count). The molecule has 84 valence electrons. The average Bonchev–Trinajstić information content (AvgIpc) is 2.33. The van der Waals surface area contributed by atoms with Crippen LogP contribution in [0.1, 0.15) is 26.1 Å². The van der Waals surface area contributed by atoms with Gasteiger partial charge in [-0.15, -0.1) is 10.2 Å². The highest BCUT2D eigenvalue weighted by atomic mass is 16.4. The molecular formula is C8H15N5O2. The lowest BCUT2D eigenvalue weighted by atomic mass is 9.85. The van der Waals surface area contributed by atoms with Gasteiger partial charge in [-0.25, -0.2) is 4.68 Å². The van der Waals surface area contributed by atoms with Gasteiger partial charge in [0.05, 0.1) is 6.42 Å². The maximum Gasteiger partial charge on any atom is 0.303 e. The topological polar surface area (TPSA) is 120 Å². The van der Waals surface area contributed by atoms with E-state index in [0.717, 1.165) is 0 Å². The van der Waals surface area contributed by atoms with Crippen molar-refractivity contribution in [2.24, 2.45) is 5.41 Å². The number of aromatic nitrogens is 3. The number of carboxylic acid groups (broad SMARTS) is 1. The van der Waals surface area contributed by atoms with Crippen LogP contribution in [-0.4, -0.2) is 25.9 Å². The fourth-order valence-electron chi connectivity index (χ4n) is 1.36. The van der Waals surface area contributed by atoms with Crippen molar-refractivity contribution in [3.63, 3.8) is 0 Å². The van der Waals surface area contributed by atoms with Crippen LogP contribution >= 0.6 is 0 Å². The number of anilines is 1. The summed E-state index contributed by atoms with van der Waals surface area (Å²) in [5, 5.41) is 16.1. The van der Waals surface area contributed by atoms with Crippen molar-refractivity contribution in [1.82, 2.24) is 14.9 Å². The van der Waals surface area contributed by atoms with Gasteiger partial charge in [0.25, 0.3) is 0 Å². The minimum atomic E-state index is -0.851. The number of aliphatic carboxylic acids is 1. The number of hydrogen-bond acceptors (Lipinski definition) is 5. The minimum Gasteiger partial charge on any atom is -0.481 e. The monoisotopic (exact) mass is 213 g/mol. The SMILES string of the molecule is CC(C)(CC(=O)O)Cc1nnc(N)n1N. The first kappa shape index (κ1) is 11.3. The molecule has 0 aliphatic heterocycles. The lowest BCUT2D eigenvalue weighted by molar-refractivity contribution is -0.139. The van der Waals surface area contributed by atoms with E-state index in [9.17, 15) is 4.79 Å². The summed E-state index contributed by atoms with van der Waals surface area (Å²) in [6.07, 6.45) is 0.458. The summed E-state index contributed by atoms with van der Waals surface area (Å²) in [7, 11) is 0. The fourth-order valence-corrected chi connectivity index (χ4v) is 1.36. The summed E-state index contributed by atoms with van der Waals surface area (Å²) in [5.41, 5.74) is 4.98. The minimum absolute atomic E-state index is 0.0414. The van der Waals surface area contributed by atoms with Gasteiger partial charge < -0.3 is 16.7 Å². The van der Waals surface area contributed by atoms with Gasteiger partial charge >= 0.3 is 5.97 Å². The van der Waals surface area contributed by atoms with Gasteiger partial charge in [-0.1, -0.05) is 13.8 Å². The highest BCUT2D eigenvalue weighted by Crippen LogP contribution is 2.24. The quantitative estimate of drug-likeness (QED) is 0.586. The van der Waals surface area contributed by atoms with Crippen LogP contribution in [-0.2, 0) is 11.2 Å². The van der Waals surface area contributed by atoms with Gasteiger partial charge in [0.1, 0.15) is 0 Å². The van der Waals surface area contributed by atoms with Crippen LogP contribution in [0.3, 0.4) is 0 Å². The Morgan fingerprint density at radius 1 is 1.53 bits per heavy atom. The van der Waals surface area contributed by atoms with Crippen molar-refractivity contribution in [3.8, 4) is 0 Å². The second-order valence-electron chi connectivity index (χ2n) is 4.26. The van der Waals surface area contributed by atoms with Crippen LogP contribution in [0, 0.1) is 5.41 Å². The lowest BCUT2D eigenvalue weighted by Crippen LogP contribution is -2.24. The fraction of sp³-hybridized carbons (Fsp3) is 0.625. The summed E-state index contributed by atoms with van der Waals surface area (Å²) in [6, 6.07) is 0. The molecule has 1 aromatic rings. The molecule has 0 atom stereocenters. The Balaban J connectivity index is 2.77. The van der Waals surface area contributed by atoms with Crippen LogP contribution in [0.25, 0.3) is 0 Å². The molecule has 15 heavy (non-hydrogen) atoms. The zero-order chi connectivity index (χ0) is 11.6. The molecule has 0 amide bonds. The largest absolute Gasteiger partial charge is 0.481 e. The standard InChI is InChI=1S/C8H15N5O2/c1-8(2,4-6(14)15)3-5-11-12-7(9)13(5)10/h3-4,10H2,1-2H3,(H2,9,12)(H,14,15). The first-order valence-electron chi connectivity index (χ1n) is 4.48. The van der Waals surface area contributed by atoms with E-state index >= 15 is 0 Å². The molecule has 0 unspecified atom stereocenters. The number of hydrogen-bond donors (Lipinski definition) is 3. The predicted molar refractivity (Wildman–Crippen MR) is 54.3 cm³/mol. The van der Waals surface area contributed by atoms with Gasteiger partial charge in [0.2, 0.25) is 5.95 Å². The van der Waals surface area contributed by atoms with Crippen LogP contribution < -0.4 is 11.6 Å². The van der Waals surface area contributed by atoms with Crippen molar-refractivity contribution in [3.05, 3.63) is 5.82 Å². The van der Waals surface area contributed by atoms with Crippen molar-refractivity contribution in [1.29, 1.82) is 0 Å². The maximum absolute atomic E-state index is 10.6. The zero-order valence-corrected chi connectivity index (χ0v) is 8.77. The summed E-state index contributed by atoms with van der Waals surface area (Å²) >= 11 is 0. The molecule has 0 saturated heterocycles. The molecule has 0 aromatic carbocycles. The average molecular weight is 213 g/mol. The van der Waals surface area contributed by atoms with E-state index < -0.39 is 11.4 Å². The number of rotatable bonds is 4. The Kier molecular flexibility index (Phi) is 2.83. The van der Waals surface area contributed by atoms with E-state index in [1.54, 1.807) is 0 Å². The zero-order valence-electron chi connectivity index (χ0n) is 8.77. The molecule has 0 aliphatic carbocycles. The van der Waals surface area contributed by atoms with E-state index in [1.165, 1.54) is 4.68 Å². The summed E-state index contributed by atoms with van der Waals surface area (Å²) < 4.78 is 1.17. The maximum atomic E-state index is 10.6. The molecule has 0 bridgehead atoms. The smallest absolute Gasteiger partial charge is 0.303 e. The Bertz CT molecular complexity index is 371. The molecule has 5 N–H and O–H groups in total. The van der Waals surface area contributed by atoms with Crippen LogP contribution in [0.4, 0.5) is 5.95 Å². The number of nitrogen functional groups attached to an aromatic ring is 2. The van der Waals surface area contributed by atoms with E-state index in [4.69, 9.17) is 16.7 Å². The van der Waals surface area contributed by atoms with E-state index in [1.807, 2.05) is 13.8 Å². The first-order chi connectivity index (χ1) is 6.82. The third kappa shape index (κ3) is 2.83. The second kappa shape index (κ2) is 3.76. The van der Waals surface area contributed by atoms with Crippen molar-refractivity contribution >= 4 is 11.9 Å². The summed E-state index contributed by atoms with van der Waals surface area (Å²) in [4.78, 5) is 10.6. The van der Waals surface area contributed by atoms with Crippen molar-refractivity contribution in [2.45, 2.75) is 26.7 Å². The Hall–Kier alpha value is -1.79. The van der Waals surface area contributed by atoms with E-state index in [0.29, 0.717) is 12.2 Å². The van der Waals surface area contributed by atoms with Crippen molar-refractivity contribution in [2.75, 3.05) is 11.6 Å². The Morgan fingerprint density at radius 3 is 2.53 bits per heavy atom. The van der Waals surface area contributed by atoms with Crippen LogP contribution in [0.2, 0.25) is 0 Å². The number of nitrogens with zero attached hydrogens (tertiary/aromatic N) is 3. The van der Waals surface area contributed by atoms with Gasteiger partial charge in [0, 0.05) is 6.42 Å². The molecule has 1 heterocycles. The predicted octanol–water partition coefficient (Wildman–Crippen LogP) is -0.382. The molecule has 7 heteroatoms. The van der Waals surface area contributed by atoms with E-state index in [2.05, 4.69) is 10.2 Å². The number of carbonyl (C=O) groups is 1. The van der Waals surface area contributed by atoms with Gasteiger partial charge in [-0.2, -0.15) is 0 Å². The van der Waals surface area contributed by atoms with Crippen LogP contribution in [0.15, 0.2) is 0 Å². The van der Waals surface area contributed by atoms with Gasteiger partial charge in [-0.3, -0.25) is 4.79 Å². The first-order valence-corrected chi connectivity index (χ1v) is 4.48. The summed E-state index contributed by atoms with van der Waals surface area (Å²) in [6.45, 7) is 3.65. The molecule has 0 spiro atoms. The van der Waals surface area contributed by atoms with Gasteiger partial charge in [0.15, 0.2) is 5.82 Å². The molecule has 0 radical (unpaired) electrons. The molecule has 0 aliphatic rings. The number of nitrogens with two attached hydrogens (primary N) is 2. The normalized spacial score (nSPS) is 11.6.